The van der Waals surface area contributed by atoms with Gasteiger partial charge in [-0.15, -0.1) is 0 Å². The molecule has 0 saturated carbocycles. The third-order valence-electron chi connectivity index (χ3n) is 2.40. The second-order valence-electron chi connectivity index (χ2n) is 4.03. The maximum absolute atomic E-state index is 10.3. The van der Waals surface area contributed by atoms with Crippen molar-refractivity contribution < 1.29 is 14.7 Å². The number of carbonyl (C=O) groups is 2. The maximum atomic E-state index is 10.3. The van der Waals surface area contributed by atoms with Gasteiger partial charge in [0.25, 0.3) is 0 Å². The Morgan fingerprint density at radius 2 is 2.07 bits per heavy atom. The van der Waals surface area contributed by atoms with E-state index >= 15 is 0 Å². The van der Waals surface area contributed by atoms with Crippen LogP contribution >= 0.6 is 0 Å². The summed E-state index contributed by atoms with van der Waals surface area (Å²) in [6, 6.07) is 0. The fourth-order valence-corrected chi connectivity index (χ4v) is 1.39. The molecule has 0 heterocycles. The van der Waals surface area contributed by atoms with Crippen LogP contribution in [0.3, 0.4) is 0 Å². The maximum Gasteiger partial charge on any atom is 0.303 e. The first-order valence-corrected chi connectivity index (χ1v) is 5.40. The molecule has 0 aliphatic heterocycles. The number of allylic oxidation sites excluding steroid dienone is 2. The summed E-state index contributed by atoms with van der Waals surface area (Å²) in [6.07, 6.45) is 6.65. The van der Waals surface area contributed by atoms with Crippen LogP contribution in [0.5, 0.6) is 0 Å². The molecule has 0 aromatic heterocycles. The van der Waals surface area contributed by atoms with Crippen molar-refractivity contribution in [3.05, 3.63) is 11.6 Å². The molecule has 0 spiro atoms. The van der Waals surface area contributed by atoms with E-state index in [4.69, 9.17) is 5.11 Å². The first-order chi connectivity index (χ1) is 7.06. The molecule has 0 aliphatic carbocycles. The van der Waals surface area contributed by atoms with E-state index in [2.05, 4.69) is 6.92 Å². The molecule has 3 nitrogen and oxygen atoms in total. The Morgan fingerprint density at radius 1 is 1.40 bits per heavy atom. The van der Waals surface area contributed by atoms with Crippen molar-refractivity contribution in [2.45, 2.75) is 46.0 Å². The predicted octanol–water partition coefficient (Wildman–Crippen LogP) is 2.80. The Balaban J connectivity index is 3.53. The molecule has 86 valence electrons. The van der Waals surface area contributed by atoms with E-state index in [1.54, 1.807) is 6.92 Å². The smallest absolute Gasteiger partial charge is 0.303 e. The fraction of sp³-hybridized carbons (Fsp3) is 0.667. The van der Waals surface area contributed by atoms with Gasteiger partial charge in [-0.2, -0.15) is 0 Å². The molecule has 0 aromatic rings. The second-order valence-corrected chi connectivity index (χ2v) is 4.03. The van der Waals surface area contributed by atoms with Crippen LogP contribution in [0.25, 0.3) is 0 Å². The minimum Gasteiger partial charge on any atom is -0.481 e. The summed E-state index contributed by atoms with van der Waals surface area (Å²) in [4.78, 5) is 20.6. The lowest BCUT2D eigenvalue weighted by molar-refractivity contribution is -0.137. The van der Waals surface area contributed by atoms with E-state index in [1.807, 2.05) is 6.08 Å². The van der Waals surface area contributed by atoms with Gasteiger partial charge in [0.1, 0.15) is 6.29 Å². The fourth-order valence-electron chi connectivity index (χ4n) is 1.39. The minimum absolute atomic E-state index is 0.257. The van der Waals surface area contributed by atoms with Crippen molar-refractivity contribution in [3.63, 3.8) is 0 Å². The average Bonchev–Trinajstić information content (AvgIpc) is 2.17. The van der Waals surface area contributed by atoms with Crippen LogP contribution in [0.2, 0.25) is 0 Å². The molecule has 1 atom stereocenters. The van der Waals surface area contributed by atoms with Gasteiger partial charge in [0.15, 0.2) is 0 Å². The van der Waals surface area contributed by atoms with Crippen molar-refractivity contribution in [1.82, 2.24) is 0 Å². The standard InChI is InChI=1S/C12H20O3/c1-10(6-4-8-12(14)15)5-3-7-11(2)9-13/h7,9-10H,3-6,8H2,1-2H3,(H,14,15). The predicted molar refractivity (Wildman–Crippen MR) is 59.7 cm³/mol. The van der Waals surface area contributed by atoms with E-state index in [0.717, 1.165) is 37.5 Å². The van der Waals surface area contributed by atoms with Gasteiger partial charge in [0.2, 0.25) is 0 Å². The van der Waals surface area contributed by atoms with Gasteiger partial charge in [0.05, 0.1) is 0 Å². The van der Waals surface area contributed by atoms with E-state index in [1.165, 1.54) is 0 Å². The number of aldehydes is 1. The third-order valence-corrected chi connectivity index (χ3v) is 2.40. The highest BCUT2D eigenvalue weighted by Gasteiger charge is 2.03. The first-order valence-electron chi connectivity index (χ1n) is 5.40. The lowest BCUT2D eigenvalue weighted by Gasteiger charge is -2.08. The Labute approximate surface area is 91.2 Å². The molecule has 0 radical (unpaired) electrons. The second kappa shape index (κ2) is 8.21. The molecule has 0 fully saturated rings. The molecule has 1 unspecified atom stereocenters. The molecule has 0 rings (SSSR count). The van der Waals surface area contributed by atoms with Crippen LogP contribution in [0.1, 0.15) is 46.0 Å². The number of hydrogen-bond acceptors (Lipinski definition) is 2. The summed E-state index contributed by atoms with van der Waals surface area (Å²) in [5, 5.41) is 8.46. The van der Waals surface area contributed by atoms with Crippen LogP contribution in [0.15, 0.2) is 11.6 Å². The number of carbonyl (C=O) groups excluding carboxylic acids is 1. The summed E-state index contributed by atoms with van der Waals surface area (Å²) >= 11 is 0. The zero-order valence-corrected chi connectivity index (χ0v) is 9.53. The highest BCUT2D eigenvalue weighted by molar-refractivity contribution is 5.71. The minimum atomic E-state index is -0.723. The van der Waals surface area contributed by atoms with Crippen molar-refractivity contribution in [3.8, 4) is 0 Å². The number of rotatable bonds is 8. The Morgan fingerprint density at radius 3 is 2.60 bits per heavy atom. The summed E-state index contributed by atoms with van der Waals surface area (Å²) < 4.78 is 0. The highest BCUT2D eigenvalue weighted by Crippen LogP contribution is 2.14. The molecule has 0 saturated heterocycles. The van der Waals surface area contributed by atoms with Crippen LogP contribution in [0.4, 0.5) is 0 Å². The van der Waals surface area contributed by atoms with Crippen molar-refractivity contribution >= 4 is 12.3 Å². The number of hydrogen-bond donors (Lipinski definition) is 1. The molecule has 0 aromatic carbocycles. The number of aliphatic carboxylic acids is 1. The van der Waals surface area contributed by atoms with Crippen LogP contribution < -0.4 is 0 Å². The van der Waals surface area contributed by atoms with Gasteiger partial charge in [-0.25, -0.2) is 0 Å². The Bertz CT molecular complexity index is 231. The Kier molecular flexibility index (Phi) is 7.60. The molecule has 15 heavy (non-hydrogen) atoms. The first kappa shape index (κ1) is 13.9. The zero-order valence-electron chi connectivity index (χ0n) is 9.53. The monoisotopic (exact) mass is 212 g/mol. The highest BCUT2D eigenvalue weighted by atomic mass is 16.4. The van der Waals surface area contributed by atoms with Crippen molar-refractivity contribution in [2.75, 3.05) is 0 Å². The zero-order chi connectivity index (χ0) is 11.7. The van der Waals surface area contributed by atoms with Crippen LogP contribution in [-0.2, 0) is 9.59 Å². The quantitative estimate of drug-likeness (QED) is 0.497. The van der Waals surface area contributed by atoms with Crippen LogP contribution in [0, 0.1) is 5.92 Å². The topological polar surface area (TPSA) is 54.4 Å². The number of carboxylic acid groups (broad SMARTS) is 1. The van der Waals surface area contributed by atoms with Gasteiger partial charge < -0.3 is 5.11 Å². The molecular formula is C12H20O3. The largest absolute Gasteiger partial charge is 0.481 e. The van der Waals surface area contributed by atoms with E-state index in [-0.39, 0.29) is 6.42 Å². The summed E-state index contributed by atoms with van der Waals surface area (Å²) in [5.74, 6) is -0.195. The molecule has 3 heteroatoms. The van der Waals surface area contributed by atoms with Crippen molar-refractivity contribution in [1.29, 1.82) is 0 Å². The van der Waals surface area contributed by atoms with E-state index in [0.29, 0.717) is 5.92 Å². The average molecular weight is 212 g/mol. The normalized spacial score (nSPS) is 13.6. The van der Waals surface area contributed by atoms with Gasteiger partial charge in [-0.3, -0.25) is 9.59 Å². The molecule has 0 aliphatic rings. The SMILES string of the molecule is CC(C=O)=CCCC(C)CCCC(=O)O. The summed E-state index contributed by atoms with van der Waals surface area (Å²) in [7, 11) is 0. The van der Waals surface area contributed by atoms with Gasteiger partial charge in [0, 0.05) is 6.42 Å². The molecule has 0 amide bonds. The number of carboxylic acids is 1. The van der Waals surface area contributed by atoms with Crippen LogP contribution in [-0.4, -0.2) is 17.4 Å². The summed E-state index contributed by atoms with van der Waals surface area (Å²) in [5.41, 5.74) is 0.771. The molecule has 0 bridgehead atoms. The lowest BCUT2D eigenvalue weighted by atomic mass is 9.98. The molecule has 1 N–H and O–H groups in total. The van der Waals surface area contributed by atoms with Crippen molar-refractivity contribution in [2.24, 2.45) is 5.92 Å². The van der Waals surface area contributed by atoms with E-state index in [9.17, 15) is 9.59 Å². The van der Waals surface area contributed by atoms with Gasteiger partial charge in [-0.05, 0) is 37.7 Å². The third kappa shape index (κ3) is 9.19. The lowest BCUT2D eigenvalue weighted by Crippen LogP contribution is -1.98. The van der Waals surface area contributed by atoms with Gasteiger partial charge >= 0.3 is 5.97 Å². The molecular weight excluding hydrogens is 192 g/mol. The van der Waals surface area contributed by atoms with Gasteiger partial charge in [-0.1, -0.05) is 19.4 Å². The van der Waals surface area contributed by atoms with E-state index < -0.39 is 5.97 Å². The Hall–Kier alpha value is -1.12. The summed E-state index contributed by atoms with van der Waals surface area (Å²) in [6.45, 7) is 3.91.